The third-order valence-corrected chi connectivity index (χ3v) is 6.00. The summed E-state index contributed by atoms with van der Waals surface area (Å²) in [5.41, 5.74) is 2.36. The molecule has 2 aromatic rings. The van der Waals surface area contributed by atoms with Crippen molar-refractivity contribution in [2.45, 2.75) is 31.7 Å². The molecule has 2 aliphatic heterocycles. The molecule has 0 radical (unpaired) electrons. The van der Waals surface area contributed by atoms with Crippen LogP contribution in [0.15, 0.2) is 30.5 Å². The zero-order valence-corrected chi connectivity index (χ0v) is 16.6. The third-order valence-electron chi connectivity index (χ3n) is 6.00. The predicted molar refractivity (Wildman–Crippen MR) is 109 cm³/mol. The van der Waals surface area contributed by atoms with Gasteiger partial charge < -0.3 is 19.4 Å². The van der Waals surface area contributed by atoms with Gasteiger partial charge in [-0.25, -0.2) is 0 Å². The van der Waals surface area contributed by atoms with Gasteiger partial charge in [0.05, 0.1) is 13.2 Å². The van der Waals surface area contributed by atoms with Crippen molar-refractivity contribution in [3.05, 3.63) is 36.0 Å². The number of nitrogens with zero attached hydrogens (tertiary/aromatic N) is 2. The average Bonchev–Trinajstić information content (AvgIpc) is 3.17. The first kappa shape index (κ1) is 19.4. The Bertz CT molecular complexity index is 763. The highest BCUT2D eigenvalue weighted by Gasteiger charge is 2.26. The molecule has 0 bridgehead atoms. The molecule has 6 nitrogen and oxygen atoms in total. The zero-order chi connectivity index (χ0) is 19.2. The number of fused-ring (bicyclic) bond motifs is 1. The molecule has 6 heteroatoms. The number of benzene rings is 1. The molecule has 1 N–H and O–H groups in total. The maximum atomic E-state index is 13.2. The van der Waals surface area contributed by atoms with Crippen LogP contribution in [0.25, 0.3) is 10.9 Å². The fourth-order valence-corrected chi connectivity index (χ4v) is 4.31. The molecule has 1 amide bonds. The van der Waals surface area contributed by atoms with Gasteiger partial charge in [0, 0.05) is 69.0 Å². The molecule has 2 saturated heterocycles. The van der Waals surface area contributed by atoms with E-state index in [0.717, 1.165) is 77.4 Å². The van der Waals surface area contributed by atoms with E-state index >= 15 is 0 Å². The number of para-hydroxylation sites is 1. The Morgan fingerprint density at radius 1 is 1.11 bits per heavy atom. The fraction of sp³-hybridized carbons (Fsp3) is 0.591. The van der Waals surface area contributed by atoms with Crippen LogP contribution in [0.5, 0.6) is 0 Å². The molecule has 0 spiro atoms. The molecule has 28 heavy (non-hydrogen) atoms. The van der Waals surface area contributed by atoms with Crippen LogP contribution in [0.4, 0.5) is 0 Å². The molecular formula is C22H31N3O3. The molecular weight excluding hydrogens is 354 g/mol. The summed E-state index contributed by atoms with van der Waals surface area (Å²) in [6.07, 6.45) is 5.27. The number of carbonyl (C=O) groups is 1. The molecule has 0 aliphatic carbocycles. The number of aryl methyl sites for hydroxylation is 1. The highest BCUT2D eigenvalue weighted by molar-refractivity contribution is 5.84. The van der Waals surface area contributed by atoms with Gasteiger partial charge in [0.2, 0.25) is 5.91 Å². The number of rotatable bonds is 7. The van der Waals surface area contributed by atoms with E-state index in [-0.39, 0.29) is 5.91 Å². The lowest BCUT2D eigenvalue weighted by atomic mass is 10.0. The molecule has 0 unspecified atom stereocenters. The lowest BCUT2D eigenvalue weighted by Gasteiger charge is -2.36. The summed E-state index contributed by atoms with van der Waals surface area (Å²) in [7, 11) is 0. The van der Waals surface area contributed by atoms with Crippen LogP contribution in [0, 0.1) is 0 Å². The lowest BCUT2D eigenvalue weighted by Crippen LogP contribution is -2.48. The van der Waals surface area contributed by atoms with Crippen molar-refractivity contribution in [2.75, 3.05) is 52.6 Å². The van der Waals surface area contributed by atoms with E-state index < -0.39 is 0 Å². The van der Waals surface area contributed by atoms with Gasteiger partial charge >= 0.3 is 0 Å². The van der Waals surface area contributed by atoms with Crippen molar-refractivity contribution in [1.29, 1.82) is 0 Å². The van der Waals surface area contributed by atoms with Crippen LogP contribution >= 0.6 is 0 Å². The zero-order valence-electron chi connectivity index (χ0n) is 16.6. The highest BCUT2D eigenvalue weighted by Crippen LogP contribution is 2.21. The van der Waals surface area contributed by atoms with E-state index in [9.17, 15) is 4.79 Å². The number of nitrogens with one attached hydrogen (secondary N) is 1. The van der Waals surface area contributed by atoms with E-state index in [2.05, 4.69) is 33.0 Å². The minimum absolute atomic E-state index is 0.269. The summed E-state index contributed by atoms with van der Waals surface area (Å²) < 4.78 is 11.0. The molecule has 3 heterocycles. The topological polar surface area (TPSA) is 57.8 Å². The van der Waals surface area contributed by atoms with Gasteiger partial charge in [-0.3, -0.25) is 9.69 Å². The summed E-state index contributed by atoms with van der Waals surface area (Å²) in [5, 5.41) is 1.22. The van der Waals surface area contributed by atoms with Gasteiger partial charge in [-0.05, 0) is 30.9 Å². The number of ether oxygens (including phenoxy) is 2. The Morgan fingerprint density at radius 3 is 2.68 bits per heavy atom. The Hall–Kier alpha value is -1.89. The Morgan fingerprint density at radius 2 is 1.86 bits per heavy atom. The van der Waals surface area contributed by atoms with E-state index in [0.29, 0.717) is 12.5 Å². The second-order valence-corrected chi connectivity index (χ2v) is 7.74. The number of aromatic amines is 1. The number of hydrogen-bond acceptors (Lipinski definition) is 4. The lowest BCUT2D eigenvalue weighted by molar-refractivity contribution is -0.135. The Labute approximate surface area is 166 Å². The summed E-state index contributed by atoms with van der Waals surface area (Å²) in [6.45, 7) is 6.77. The maximum absolute atomic E-state index is 13.2. The first-order valence-electron chi connectivity index (χ1n) is 10.5. The SMILES string of the molecule is O=C(CCc1c[nH]c2ccccc12)N(CCN1CCOCC1)C1CCOCC1. The van der Waals surface area contributed by atoms with Gasteiger partial charge in [-0.1, -0.05) is 18.2 Å². The third kappa shape index (κ3) is 4.74. The van der Waals surface area contributed by atoms with Crippen LogP contribution in [0.2, 0.25) is 0 Å². The number of amides is 1. The smallest absolute Gasteiger partial charge is 0.223 e. The van der Waals surface area contributed by atoms with Crippen molar-refractivity contribution < 1.29 is 14.3 Å². The number of carbonyl (C=O) groups excluding carboxylic acids is 1. The van der Waals surface area contributed by atoms with Gasteiger partial charge in [0.25, 0.3) is 0 Å². The van der Waals surface area contributed by atoms with Crippen LogP contribution < -0.4 is 0 Å². The van der Waals surface area contributed by atoms with E-state index in [1.165, 1.54) is 10.9 Å². The second-order valence-electron chi connectivity index (χ2n) is 7.74. The number of aromatic nitrogens is 1. The normalized spacial score (nSPS) is 19.1. The van der Waals surface area contributed by atoms with Gasteiger partial charge in [0.15, 0.2) is 0 Å². The Kier molecular flexibility index (Phi) is 6.62. The first-order valence-corrected chi connectivity index (χ1v) is 10.5. The van der Waals surface area contributed by atoms with E-state index in [4.69, 9.17) is 9.47 Å². The molecule has 4 rings (SSSR count). The van der Waals surface area contributed by atoms with E-state index in [1.54, 1.807) is 0 Å². The summed E-state index contributed by atoms with van der Waals surface area (Å²) in [4.78, 5) is 21.0. The summed E-state index contributed by atoms with van der Waals surface area (Å²) in [5.74, 6) is 0.269. The van der Waals surface area contributed by atoms with Crippen LogP contribution in [0.1, 0.15) is 24.8 Å². The highest BCUT2D eigenvalue weighted by atomic mass is 16.5. The standard InChI is InChI=1S/C22H31N3O3/c26-22(6-5-18-17-23-21-4-2-1-3-20(18)21)25(19-7-13-27-14-8-19)10-9-24-11-15-28-16-12-24/h1-4,17,19,23H,5-16H2. The minimum atomic E-state index is 0.269. The van der Waals surface area contributed by atoms with Crippen molar-refractivity contribution in [1.82, 2.24) is 14.8 Å². The quantitative estimate of drug-likeness (QED) is 0.795. The summed E-state index contributed by atoms with van der Waals surface area (Å²) >= 11 is 0. The molecule has 0 saturated carbocycles. The predicted octanol–water partition coefficient (Wildman–Crippen LogP) is 2.44. The molecule has 152 valence electrons. The fourth-order valence-electron chi connectivity index (χ4n) is 4.31. The van der Waals surface area contributed by atoms with Gasteiger partial charge in [-0.15, -0.1) is 0 Å². The van der Waals surface area contributed by atoms with E-state index in [1.807, 2.05) is 12.3 Å². The summed E-state index contributed by atoms with van der Waals surface area (Å²) in [6, 6.07) is 8.60. The number of H-pyrrole nitrogens is 1. The minimum Gasteiger partial charge on any atom is -0.381 e. The van der Waals surface area contributed by atoms with Crippen molar-refractivity contribution in [3.63, 3.8) is 0 Å². The number of hydrogen-bond donors (Lipinski definition) is 1. The first-order chi connectivity index (χ1) is 13.8. The maximum Gasteiger partial charge on any atom is 0.223 e. The molecule has 2 aliphatic rings. The molecule has 1 aromatic carbocycles. The Balaban J connectivity index is 1.38. The van der Waals surface area contributed by atoms with Gasteiger partial charge in [-0.2, -0.15) is 0 Å². The largest absolute Gasteiger partial charge is 0.381 e. The molecule has 2 fully saturated rings. The molecule has 1 aromatic heterocycles. The number of morpholine rings is 1. The average molecular weight is 386 g/mol. The van der Waals surface area contributed by atoms with Crippen molar-refractivity contribution in [3.8, 4) is 0 Å². The van der Waals surface area contributed by atoms with Crippen molar-refractivity contribution in [2.24, 2.45) is 0 Å². The van der Waals surface area contributed by atoms with Gasteiger partial charge in [0.1, 0.15) is 0 Å². The van der Waals surface area contributed by atoms with Crippen LogP contribution in [-0.4, -0.2) is 79.3 Å². The second kappa shape index (κ2) is 9.54. The van der Waals surface area contributed by atoms with Crippen LogP contribution in [0.3, 0.4) is 0 Å². The van der Waals surface area contributed by atoms with Crippen LogP contribution in [-0.2, 0) is 20.7 Å². The monoisotopic (exact) mass is 385 g/mol. The molecule has 0 atom stereocenters. The van der Waals surface area contributed by atoms with Crippen molar-refractivity contribution >= 4 is 16.8 Å².